The van der Waals surface area contributed by atoms with Crippen molar-refractivity contribution in [3.8, 4) is 5.88 Å². The molecular formula is C26H36N4O4. The SMILES string of the molecule is CC(C)(C)OC(=O)N1CCC(n2cccc2C(=O)NCc2cccnc2OC2CCCC2)CC1. The first kappa shape index (κ1) is 24.1. The monoisotopic (exact) mass is 468 g/mol. The molecule has 8 heteroatoms. The van der Waals surface area contributed by atoms with Crippen molar-refractivity contribution in [2.75, 3.05) is 13.1 Å². The Balaban J connectivity index is 1.34. The molecule has 0 spiro atoms. The van der Waals surface area contributed by atoms with Crippen LogP contribution in [-0.4, -0.2) is 51.2 Å². The number of carbonyl (C=O) groups excluding carboxylic acids is 2. The molecule has 2 amide bonds. The van der Waals surface area contributed by atoms with Crippen molar-refractivity contribution < 1.29 is 19.1 Å². The summed E-state index contributed by atoms with van der Waals surface area (Å²) in [4.78, 5) is 31.6. The molecule has 4 rings (SSSR count). The molecule has 0 aromatic carbocycles. The van der Waals surface area contributed by atoms with Gasteiger partial charge in [0.15, 0.2) is 0 Å². The Bertz CT molecular complexity index is 983. The molecular weight excluding hydrogens is 432 g/mol. The maximum absolute atomic E-state index is 13.0. The van der Waals surface area contributed by atoms with Crippen LogP contribution in [0.4, 0.5) is 4.79 Å². The van der Waals surface area contributed by atoms with Crippen molar-refractivity contribution in [3.05, 3.63) is 47.9 Å². The standard InChI is InChI=1S/C26H36N4O4/c1-26(2,3)34-25(32)29-16-12-20(13-17-29)30-15-7-11-22(30)23(31)28-18-19-8-6-14-27-24(19)33-21-9-4-5-10-21/h6-8,11,14-15,20-21H,4-5,9-10,12-13,16-18H2,1-3H3,(H,28,31). The van der Waals surface area contributed by atoms with Gasteiger partial charge in [0.25, 0.3) is 5.91 Å². The van der Waals surface area contributed by atoms with Gasteiger partial charge >= 0.3 is 6.09 Å². The molecule has 0 atom stereocenters. The summed E-state index contributed by atoms with van der Waals surface area (Å²) in [5.41, 5.74) is 1.000. The molecule has 34 heavy (non-hydrogen) atoms. The Kier molecular flexibility index (Phi) is 7.44. The third-order valence-corrected chi connectivity index (χ3v) is 6.39. The van der Waals surface area contributed by atoms with E-state index < -0.39 is 5.60 Å². The number of rotatable bonds is 6. The van der Waals surface area contributed by atoms with Gasteiger partial charge in [-0.25, -0.2) is 9.78 Å². The van der Waals surface area contributed by atoms with E-state index in [1.807, 2.05) is 55.8 Å². The first-order chi connectivity index (χ1) is 16.3. The molecule has 0 bridgehead atoms. The average Bonchev–Trinajstić information content (AvgIpc) is 3.49. The lowest BCUT2D eigenvalue weighted by Gasteiger charge is -2.34. The molecule has 184 valence electrons. The van der Waals surface area contributed by atoms with Crippen LogP contribution in [0, 0.1) is 0 Å². The second-order valence-electron chi connectivity index (χ2n) is 10.2. The summed E-state index contributed by atoms with van der Waals surface area (Å²) >= 11 is 0. The first-order valence-electron chi connectivity index (χ1n) is 12.3. The average molecular weight is 469 g/mol. The molecule has 3 heterocycles. The molecule has 2 aliphatic rings. The first-order valence-corrected chi connectivity index (χ1v) is 12.3. The fourth-order valence-electron chi connectivity index (χ4n) is 4.65. The zero-order valence-corrected chi connectivity index (χ0v) is 20.5. The number of nitrogens with one attached hydrogen (secondary N) is 1. The molecule has 1 aliphatic carbocycles. The van der Waals surface area contributed by atoms with Crippen LogP contribution in [0.5, 0.6) is 5.88 Å². The number of nitrogens with zero attached hydrogens (tertiary/aromatic N) is 3. The highest BCUT2D eigenvalue weighted by atomic mass is 16.6. The number of hydrogen-bond donors (Lipinski definition) is 1. The lowest BCUT2D eigenvalue weighted by Crippen LogP contribution is -2.42. The van der Waals surface area contributed by atoms with Gasteiger partial charge < -0.3 is 24.3 Å². The Morgan fingerprint density at radius 3 is 2.53 bits per heavy atom. The molecule has 8 nitrogen and oxygen atoms in total. The Labute approximate surface area is 201 Å². The Morgan fingerprint density at radius 1 is 1.09 bits per heavy atom. The number of piperidine rings is 1. The molecule has 1 saturated heterocycles. The lowest BCUT2D eigenvalue weighted by molar-refractivity contribution is 0.0187. The van der Waals surface area contributed by atoms with E-state index in [1.165, 1.54) is 12.8 Å². The number of likely N-dealkylation sites (tertiary alicyclic amines) is 1. The maximum Gasteiger partial charge on any atom is 0.410 e. The summed E-state index contributed by atoms with van der Waals surface area (Å²) < 4.78 is 13.6. The van der Waals surface area contributed by atoms with Crippen molar-refractivity contribution in [1.82, 2.24) is 19.8 Å². The maximum atomic E-state index is 13.0. The van der Waals surface area contributed by atoms with Gasteiger partial charge in [0.05, 0.1) is 0 Å². The summed E-state index contributed by atoms with van der Waals surface area (Å²) in [7, 11) is 0. The topological polar surface area (TPSA) is 85.7 Å². The summed E-state index contributed by atoms with van der Waals surface area (Å²) in [6.07, 6.45) is 9.66. The van der Waals surface area contributed by atoms with E-state index in [2.05, 4.69) is 10.3 Å². The largest absolute Gasteiger partial charge is 0.474 e. The molecule has 2 aromatic rings. The van der Waals surface area contributed by atoms with Crippen LogP contribution >= 0.6 is 0 Å². The van der Waals surface area contributed by atoms with E-state index in [0.717, 1.165) is 31.2 Å². The zero-order chi connectivity index (χ0) is 24.1. The molecule has 0 radical (unpaired) electrons. The normalized spacial score (nSPS) is 17.6. The highest BCUT2D eigenvalue weighted by Gasteiger charge is 2.29. The van der Waals surface area contributed by atoms with Crippen LogP contribution in [0.2, 0.25) is 0 Å². The van der Waals surface area contributed by atoms with Gasteiger partial charge in [-0.05, 0) is 77.5 Å². The highest BCUT2D eigenvalue weighted by molar-refractivity contribution is 5.92. The van der Waals surface area contributed by atoms with Crippen LogP contribution < -0.4 is 10.1 Å². The van der Waals surface area contributed by atoms with Gasteiger partial charge in [0.1, 0.15) is 17.4 Å². The minimum atomic E-state index is -0.504. The van der Waals surface area contributed by atoms with Crippen LogP contribution in [0.15, 0.2) is 36.7 Å². The molecule has 1 aliphatic heterocycles. The van der Waals surface area contributed by atoms with E-state index in [9.17, 15) is 9.59 Å². The van der Waals surface area contributed by atoms with Crippen LogP contribution in [-0.2, 0) is 11.3 Å². The Hall–Kier alpha value is -3.03. The van der Waals surface area contributed by atoms with Crippen LogP contribution in [0.3, 0.4) is 0 Å². The van der Waals surface area contributed by atoms with E-state index in [4.69, 9.17) is 9.47 Å². The van der Waals surface area contributed by atoms with Gasteiger partial charge in [-0.15, -0.1) is 0 Å². The Morgan fingerprint density at radius 2 is 1.82 bits per heavy atom. The van der Waals surface area contributed by atoms with Gasteiger partial charge in [-0.1, -0.05) is 6.07 Å². The van der Waals surface area contributed by atoms with Crippen molar-refractivity contribution >= 4 is 12.0 Å². The number of ether oxygens (including phenoxy) is 2. The second kappa shape index (κ2) is 10.5. The lowest BCUT2D eigenvalue weighted by atomic mass is 10.0. The molecule has 1 saturated carbocycles. The van der Waals surface area contributed by atoms with Gasteiger partial charge in [-0.2, -0.15) is 0 Å². The quantitative estimate of drug-likeness (QED) is 0.664. The van der Waals surface area contributed by atoms with E-state index in [0.29, 0.717) is 31.2 Å². The minimum Gasteiger partial charge on any atom is -0.474 e. The molecule has 0 unspecified atom stereocenters. The van der Waals surface area contributed by atoms with Crippen molar-refractivity contribution in [3.63, 3.8) is 0 Å². The third-order valence-electron chi connectivity index (χ3n) is 6.39. The number of aromatic nitrogens is 2. The van der Waals surface area contributed by atoms with Crippen molar-refractivity contribution in [1.29, 1.82) is 0 Å². The summed E-state index contributed by atoms with van der Waals surface area (Å²) in [6, 6.07) is 7.71. The van der Waals surface area contributed by atoms with E-state index >= 15 is 0 Å². The second-order valence-corrected chi connectivity index (χ2v) is 10.2. The van der Waals surface area contributed by atoms with Crippen LogP contribution in [0.25, 0.3) is 0 Å². The smallest absolute Gasteiger partial charge is 0.410 e. The fraction of sp³-hybridized carbons (Fsp3) is 0.577. The highest BCUT2D eigenvalue weighted by Crippen LogP contribution is 2.27. The molecule has 2 fully saturated rings. The molecule has 1 N–H and O–H groups in total. The number of hydrogen-bond acceptors (Lipinski definition) is 5. The predicted molar refractivity (Wildman–Crippen MR) is 129 cm³/mol. The summed E-state index contributed by atoms with van der Waals surface area (Å²) in [5.74, 6) is 0.481. The summed E-state index contributed by atoms with van der Waals surface area (Å²) in [6.45, 7) is 7.19. The van der Waals surface area contributed by atoms with E-state index in [-0.39, 0.29) is 24.1 Å². The number of amides is 2. The third kappa shape index (κ3) is 6.10. The zero-order valence-electron chi connectivity index (χ0n) is 20.5. The van der Waals surface area contributed by atoms with Crippen LogP contribution in [0.1, 0.15) is 81.4 Å². The number of pyridine rings is 1. The predicted octanol–water partition coefficient (Wildman–Crippen LogP) is 4.71. The fourth-order valence-corrected chi connectivity index (χ4v) is 4.65. The van der Waals surface area contributed by atoms with E-state index in [1.54, 1.807) is 11.1 Å². The van der Waals surface area contributed by atoms with Gasteiger partial charge in [0.2, 0.25) is 5.88 Å². The number of carbonyl (C=O) groups is 2. The van der Waals surface area contributed by atoms with Gasteiger partial charge in [0, 0.05) is 43.6 Å². The van der Waals surface area contributed by atoms with Gasteiger partial charge in [-0.3, -0.25) is 4.79 Å². The molecule has 2 aromatic heterocycles. The van der Waals surface area contributed by atoms with Crippen molar-refractivity contribution in [2.24, 2.45) is 0 Å². The van der Waals surface area contributed by atoms with Crippen molar-refractivity contribution in [2.45, 2.75) is 83.6 Å². The minimum absolute atomic E-state index is 0.129. The summed E-state index contributed by atoms with van der Waals surface area (Å²) in [5, 5.41) is 3.03.